The molecule has 13 heteroatoms. The Bertz CT molecular complexity index is 1480. The molecule has 0 aliphatic carbocycles. The SMILES string of the molecule is COc1c(C)cc2c(c1O)[C@H]1N[C@@H](C2)[C@H](O)N2C1[C@H]1SC[C@H](N)C(=O)OC[C@H]2c2c(O)c(OC)c(C)c(OC(C)=O)c21. The number of piperazine rings is 1. The van der Waals surface area contributed by atoms with Crippen LogP contribution in [0, 0.1) is 13.8 Å². The fraction of sp³-hybridized carbons (Fsp3) is 0.517. The van der Waals surface area contributed by atoms with Crippen LogP contribution in [0.5, 0.6) is 28.7 Å². The Morgan fingerprint density at radius 2 is 1.81 bits per heavy atom. The van der Waals surface area contributed by atoms with Gasteiger partial charge in [0.05, 0.1) is 37.6 Å². The van der Waals surface area contributed by atoms with Gasteiger partial charge in [0, 0.05) is 41.0 Å². The number of aromatic hydroxyl groups is 2. The van der Waals surface area contributed by atoms with Crippen LogP contribution in [0.3, 0.4) is 0 Å². The normalized spacial score (nSPS) is 30.0. The summed E-state index contributed by atoms with van der Waals surface area (Å²) in [7, 11) is 2.90. The molecule has 2 fully saturated rings. The molecule has 0 radical (unpaired) electrons. The molecule has 6 N–H and O–H groups in total. The lowest BCUT2D eigenvalue weighted by Gasteiger charge is -2.59. The number of thioether (sulfide) groups is 1. The number of phenolic OH excluding ortho intramolecular Hbond substituents is 2. The number of nitrogens with zero attached hydrogens (tertiary/aromatic N) is 1. The first-order chi connectivity index (χ1) is 20.0. The lowest BCUT2D eigenvalue weighted by atomic mass is 9.74. The molecule has 7 atom stereocenters. The van der Waals surface area contributed by atoms with Gasteiger partial charge in [-0.05, 0) is 31.4 Å². The minimum absolute atomic E-state index is 0.00933. The van der Waals surface area contributed by atoms with Crippen molar-refractivity contribution in [1.29, 1.82) is 0 Å². The first kappa shape index (κ1) is 28.9. The van der Waals surface area contributed by atoms with Gasteiger partial charge in [-0.15, -0.1) is 11.8 Å². The van der Waals surface area contributed by atoms with Crippen molar-refractivity contribution in [2.24, 2.45) is 5.73 Å². The van der Waals surface area contributed by atoms with Gasteiger partial charge in [-0.1, -0.05) is 6.07 Å². The van der Waals surface area contributed by atoms with Crippen LogP contribution in [0.2, 0.25) is 0 Å². The zero-order valence-corrected chi connectivity index (χ0v) is 24.8. The zero-order chi connectivity index (χ0) is 30.2. The fourth-order valence-corrected chi connectivity index (χ4v) is 8.65. The molecular formula is C29H35N3O9S. The van der Waals surface area contributed by atoms with Crippen molar-refractivity contribution >= 4 is 23.7 Å². The van der Waals surface area contributed by atoms with Crippen LogP contribution in [-0.2, 0) is 20.7 Å². The van der Waals surface area contributed by atoms with Crippen molar-refractivity contribution in [3.05, 3.63) is 39.4 Å². The van der Waals surface area contributed by atoms with Crippen LogP contribution in [0.15, 0.2) is 6.07 Å². The summed E-state index contributed by atoms with van der Waals surface area (Å²) in [6, 6.07) is -1.35. The van der Waals surface area contributed by atoms with E-state index in [1.54, 1.807) is 6.92 Å². The van der Waals surface area contributed by atoms with E-state index in [0.717, 1.165) is 11.1 Å². The second-order valence-corrected chi connectivity index (χ2v) is 12.4. The summed E-state index contributed by atoms with van der Waals surface area (Å²) < 4.78 is 22.6. The van der Waals surface area contributed by atoms with Gasteiger partial charge in [0.1, 0.15) is 24.6 Å². The summed E-state index contributed by atoms with van der Waals surface area (Å²) in [5, 5.41) is 38.0. The van der Waals surface area contributed by atoms with Crippen LogP contribution in [0.4, 0.5) is 0 Å². The third kappa shape index (κ3) is 4.13. The number of rotatable bonds is 3. The van der Waals surface area contributed by atoms with Gasteiger partial charge in [0.2, 0.25) is 0 Å². The number of hydrogen-bond acceptors (Lipinski definition) is 13. The number of nitrogens with one attached hydrogen (secondary N) is 1. The molecule has 2 aromatic rings. The van der Waals surface area contributed by atoms with Crippen molar-refractivity contribution < 1.29 is 43.9 Å². The smallest absolute Gasteiger partial charge is 0.323 e. The standard InChI is InChI=1S/C29H35N3O9S/c1-10-6-13-7-15-28(36)32-16-8-40-29(37)14(30)9-42-27(21(32)20(31-15)17(13)22(34)24(10)38-4)19-18(16)23(35)26(39-5)11(2)25(19)41-12(3)33/h6,14-16,20-21,27-28,31,34-36H,7-9,30H2,1-5H3/t14-,15-,16-,20+,21?,27-,28-/m0/s1. The highest BCUT2D eigenvalue weighted by molar-refractivity contribution is 7.99. The second-order valence-electron chi connectivity index (χ2n) is 11.2. The Hall–Kier alpha value is -3.23. The number of aryl methyl sites for hydroxylation is 1. The molecule has 42 heavy (non-hydrogen) atoms. The van der Waals surface area contributed by atoms with Crippen molar-refractivity contribution in [2.45, 2.75) is 68.9 Å². The number of hydrogen-bond donors (Lipinski definition) is 5. The molecule has 4 aliphatic rings. The Kier molecular flexibility index (Phi) is 7.21. The highest BCUT2D eigenvalue weighted by atomic mass is 32.2. The third-order valence-corrected chi connectivity index (χ3v) is 10.3. The number of aliphatic hydroxyl groups excluding tert-OH is 1. The molecule has 0 aromatic heterocycles. The third-order valence-electron chi connectivity index (χ3n) is 8.83. The summed E-state index contributed by atoms with van der Waals surface area (Å²) in [6.07, 6.45) is -0.653. The van der Waals surface area contributed by atoms with Gasteiger partial charge in [0.25, 0.3) is 0 Å². The predicted molar refractivity (Wildman–Crippen MR) is 152 cm³/mol. The average molecular weight is 602 g/mol. The maximum Gasteiger partial charge on any atom is 0.323 e. The average Bonchev–Trinajstić information content (AvgIpc) is 2.94. The van der Waals surface area contributed by atoms with Crippen LogP contribution in [0.25, 0.3) is 0 Å². The largest absolute Gasteiger partial charge is 0.504 e. The monoisotopic (exact) mass is 601 g/mol. The number of benzene rings is 2. The minimum Gasteiger partial charge on any atom is -0.504 e. The Labute approximate surface area is 247 Å². The number of ether oxygens (including phenoxy) is 4. The second kappa shape index (κ2) is 10.5. The van der Waals surface area contributed by atoms with E-state index in [1.807, 2.05) is 17.9 Å². The van der Waals surface area contributed by atoms with E-state index >= 15 is 0 Å². The van der Waals surface area contributed by atoms with E-state index in [0.29, 0.717) is 34.4 Å². The van der Waals surface area contributed by atoms with Crippen molar-refractivity contribution in [3.8, 4) is 28.7 Å². The van der Waals surface area contributed by atoms with E-state index in [2.05, 4.69) is 5.32 Å². The highest BCUT2D eigenvalue weighted by Crippen LogP contribution is 2.61. The van der Waals surface area contributed by atoms with Crippen LogP contribution >= 0.6 is 11.8 Å². The van der Waals surface area contributed by atoms with Crippen LogP contribution < -0.4 is 25.3 Å². The van der Waals surface area contributed by atoms with E-state index in [9.17, 15) is 24.9 Å². The van der Waals surface area contributed by atoms with E-state index in [-0.39, 0.29) is 35.4 Å². The summed E-state index contributed by atoms with van der Waals surface area (Å²) in [6.45, 7) is 4.61. The van der Waals surface area contributed by atoms with Gasteiger partial charge >= 0.3 is 11.9 Å². The van der Waals surface area contributed by atoms with Gasteiger partial charge in [-0.3, -0.25) is 14.5 Å². The number of carbonyl (C=O) groups excluding carboxylic acids is 2. The van der Waals surface area contributed by atoms with Gasteiger partial charge < -0.3 is 45.3 Å². The molecule has 4 heterocycles. The molecule has 2 aromatic carbocycles. The van der Waals surface area contributed by atoms with Crippen molar-refractivity contribution in [3.63, 3.8) is 0 Å². The number of carbonyl (C=O) groups is 2. The lowest BCUT2D eigenvalue weighted by Crippen LogP contribution is -2.69. The summed E-state index contributed by atoms with van der Waals surface area (Å²) in [5.41, 5.74) is 9.80. The lowest BCUT2D eigenvalue weighted by molar-refractivity contribution is -0.159. The minimum atomic E-state index is -1.07. The zero-order valence-electron chi connectivity index (χ0n) is 24.0. The maximum atomic E-state index is 12.8. The van der Waals surface area contributed by atoms with E-state index in [1.165, 1.54) is 32.9 Å². The molecule has 6 rings (SSSR count). The topological polar surface area (TPSA) is 173 Å². The van der Waals surface area contributed by atoms with E-state index < -0.39 is 53.6 Å². The van der Waals surface area contributed by atoms with Crippen LogP contribution in [0.1, 0.15) is 57.6 Å². The molecule has 12 nitrogen and oxygen atoms in total. The first-order valence-corrected chi connectivity index (χ1v) is 14.8. The quantitative estimate of drug-likeness (QED) is 0.254. The van der Waals surface area contributed by atoms with E-state index in [4.69, 9.17) is 24.7 Å². The highest BCUT2D eigenvalue weighted by Gasteiger charge is 2.58. The molecule has 1 unspecified atom stereocenters. The molecule has 4 bridgehead atoms. The Morgan fingerprint density at radius 3 is 2.48 bits per heavy atom. The first-order valence-electron chi connectivity index (χ1n) is 13.8. The summed E-state index contributed by atoms with van der Waals surface area (Å²) >= 11 is 1.34. The number of aliphatic hydroxyl groups is 1. The summed E-state index contributed by atoms with van der Waals surface area (Å²) in [5.74, 6) is -0.486. The number of cyclic esters (lactones) is 1. The predicted octanol–water partition coefficient (Wildman–Crippen LogP) is 1.63. The Morgan fingerprint density at radius 1 is 1.12 bits per heavy atom. The molecule has 0 saturated carbocycles. The number of methoxy groups -OCH3 is 2. The summed E-state index contributed by atoms with van der Waals surface area (Å²) in [4.78, 5) is 27.0. The number of phenols is 2. The molecule has 4 aliphatic heterocycles. The molecule has 0 amide bonds. The van der Waals surface area contributed by atoms with Gasteiger partial charge in [-0.2, -0.15) is 0 Å². The molecule has 226 valence electrons. The van der Waals surface area contributed by atoms with Crippen LogP contribution in [-0.4, -0.2) is 83.1 Å². The van der Waals surface area contributed by atoms with Crippen molar-refractivity contribution in [1.82, 2.24) is 10.2 Å². The van der Waals surface area contributed by atoms with Gasteiger partial charge in [0.15, 0.2) is 23.0 Å². The molecule has 0 spiro atoms. The Balaban J connectivity index is 1.67. The molecule has 2 saturated heterocycles. The number of fused-ring (bicyclic) bond motifs is 7. The number of esters is 2. The van der Waals surface area contributed by atoms with Crippen molar-refractivity contribution in [2.75, 3.05) is 26.6 Å². The fourth-order valence-electron chi connectivity index (χ4n) is 7.20. The molecular weight excluding hydrogens is 566 g/mol. The van der Waals surface area contributed by atoms with Gasteiger partial charge in [-0.25, -0.2) is 0 Å². The number of nitrogens with two attached hydrogens (primary N) is 1. The maximum absolute atomic E-state index is 12.8.